The Hall–Kier alpha value is -2.34. The Labute approximate surface area is 188 Å². The molecule has 0 radical (unpaired) electrons. The number of carbonyl (C=O) groups is 1. The van der Waals surface area contributed by atoms with Gasteiger partial charge in [0.05, 0.1) is 13.3 Å². The number of hydrogen-bond donors (Lipinski definition) is 1. The van der Waals surface area contributed by atoms with Crippen LogP contribution in [0.1, 0.15) is 52.2 Å². The third-order valence-electron chi connectivity index (χ3n) is 4.56. The fraction of sp³-hybridized carbons (Fsp3) is 0.417. The second-order valence-electron chi connectivity index (χ2n) is 9.11. The van der Waals surface area contributed by atoms with Crippen molar-refractivity contribution in [3.8, 4) is 11.5 Å². The van der Waals surface area contributed by atoms with E-state index >= 15 is 0 Å². The van der Waals surface area contributed by atoms with Gasteiger partial charge in [-0.2, -0.15) is 5.10 Å². The van der Waals surface area contributed by atoms with Crippen LogP contribution < -0.4 is 14.9 Å². The first-order valence-corrected chi connectivity index (χ1v) is 10.7. The number of ether oxygens (including phenoxy) is 2. The maximum Gasteiger partial charge on any atom is 0.277 e. The van der Waals surface area contributed by atoms with Crippen molar-refractivity contribution in [2.75, 3.05) is 13.7 Å². The fourth-order valence-electron chi connectivity index (χ4n) is 3.59. The van der Waals surface area contributed by atoms with Crippen molar-refractivity contribution in [2.24, 2.45) is 10.5 Å². The quantitative estimate of drug-likeness (QED) is 0.394. The molecular formula is C24H31BrN2O3. The summed E-state index contributed by atoms with van der Waals surface area (Å²) in [4.78, 5) is 12.0. The van der Waals surface area contributed by atoms with Crippen molar-refractivity contribution in [1.29, 1.82) is 0 Å². The molecule has 0 spiro atoms. The summed E-state index contributed by atoms with van der Waals surface area (Å²) in [6.45, 7) is 11.1. The van der Waals surface area contributed by atoms with Gasteiger partial charge in [0.1, 0.15) is 11.5 Å². The monoisotopic (exact) mass is 474 g/mol. The zero-order chi connectivity index (χ0) is 22.4. The predicted octanol–water partition coefficient (Wildman–Crippen LogP) is 5.70. The molecule has 0 bridgehead atoms. The molecule has 0 unspecified atom stereocenters. The largest absolute Gasteiger partial charge is 0.496 e. The van der Waals surface area contributed by atoms with Gasteiger partial charge >= 0.3 is 0 Å². The van der Waals surface area contributed by atoms with Gasteiger partial charge in [-0.15, -0.1) is 0 Å². The van der Waals surface area contributed by atoms with Crippen molar-refractivity contribution in [1.82, 2.24) is 5.43 Å². The summed E-state index contributed by atoms with van der Waals surface area (Å²) in [5.74, 6) is 0.984. The van der Waals surface area contributed by atoms with E-state index in [9.17, 15) is 4.79 Å². The van der Waals surface area contributed by atoms with Crippen molar-refractivity contribution in [3.63, 3.8) is 0 Å². The Morgan fingerprint density at radius 2 is 1.77 bits per heavy atom. The van der Waals surface area contributed by atoms with E-state index < -0.39 is 0 Å². The number of nitrogens with one attached hydrogen (secondary N) is 1. The van der Waals surface area contributed by atoms with Crippen molar-refractivity contribution in [3.05, 3.63) is 58.1 Å². The average molecular weight is 475 g/mol. The Kier molecular flexibility index (Phi) is 8.07. The van der Waals surface area contributed by atoms with Gasteiger partial charge in [0.2, 0.25) is 0 Å². The summed E-state index contributed by atoms with van der Waals surface area (Å²) in [6, 6.07) is 13.5. The molecule has 0 fully saturated rings. The topological polar surface area (TPSA) is 59.9 Å². The Bertz CT molecular complexity index is 884. The lowest BCUT2D eigenvalue weighted by atomic mass is 9.72. The molecule has 162 valence electrons. The third kappa shape index (κ3) is 7.48. The molecule has 0 atom stereocenters. The molecule has 0 aliphatic heterocycles. The summed E-state index contributed by atoms with van der Waals surface area (Å²) in [5.41, 5.74) is 4.78. The molecule has 0 aliphatic rings. The summed E-state index contributed by atoms with van der Waals surface area (Å²) in [5, 5.41) is 3.98. The molecule has 0 saturated carbocycles. The summed E-state index contributed by atoms with van der Waals surface area (Å²) in [7, 11) is 1.59. The predicted molar refractivity (Wildman–Crippen MR) is 125 cm³/mol. The molecule has 1 N–H and O–H groups in total. The van der Waals surface area contributed by atoms with Gasteiger partial charge in [-0.05, 0) is 53.1 Å². The van der Waals surface area contributed by atoms with E-state index in [2.05, 4.69) is 73.2 Å². The molecular weight excluding hydrogens is 444 g/mol. The van der Waals surface area contributed by atoms with Crippen LogP contribution in [0.3, 0.4) is 0 Å². The Morgan fingerprint density at radius 1 is 1.10 bits per heavy atom. The minimum absolute atomic E-state index is 0.0658. The van der Waals surface area contributed by atoms with Gasteiger partial charge < -0.3 is 9.47 Å². The lowest BCUT2D eigenvalue weighted by Gasteiger charge is -2.33. The van der Waals surface area contributed by atoms with Gasteiger partial charge in [-0.1, -0.05) is 62.7 Å². The average Bonchev–Trinajstić information content (AvgIpc) is 2.65. The van der Waals surface area contributed by atoms with Gasteiger partial charge in [0, 0.05) is 10.0 Å². The smallest absolute Gasteiger partial charge is 0.277 e. The van der Waals surface area contributed by atoms with E-state index in [1.165, 1.54) is 11.8 Å². The van der Waals surface area contributed by atoms with Crippen LogP contribution in [0, 0.1) is 5.41 Å². The minimum Gasteiger partial charge on any atom is -0.496 e. The lowest BCUT2D eigenvalue weighted by molar-refractivity contribution is -0.123. The van der Waals surface area contributed by atoms with Gasteiger partial charge in [-0.25, -0.2) is 5.43 Å². The number of methoxy groups -OCH3 is 1. The molecule has 30 heavy (non-hydrogen) atoms. The molecule has 2 aromatic rings. The number of hydrogen-bond acceptors (Lipinski definition) is 4. The van der Waals surface area contributed by atoms with Crippen molar-refractivity contribution < 1.29 is 14.3 Å². The second-order valence-corrected chi connectivity index (χ2v) is 10.0. The van der Waals surface area contributed by atoms with Gasteiger partial charge in [-0.3, -0.25) is 4.79 Å². The fourth-order valence-corrected chi connectivity index (χ4v) is 3.97. The maximum absolute atomic E-state index is 12.0. The zero-order valence-electron chi connectivity index (χ0n) is 18.6. The zero-order valence-corrected chi connectivity index (χ0v) is 20.2. The molecule has 5 nitrogen and oxygen atoms in total. The van der Waals surface area contributed by atoms with Crippen LogP contribution in [0.25, 0.3) is 0 Å². The van der Waals surface area contributed by atoms with Crippen molar-refractivity contribution >= 4 is 28.1 Å². The summed E-state index contributed by atoms with van der Waals surface area (Å²) >= 11 is 3.40. The highest BCUT2D eigenvalue weighted by molar-refractivity contribution is 9.10. The van der Waals surface area contributed by atoms with E-state index in [0.717, 1.165) is 16.5 Å². The molecule has 0 heterocycles. The van der Waals surface area contributed by atoms with E-state index in [1.54, 1.807) is 7.11 Å². The summed E-state index contributed by atoms with van der Waals surface area (Å²) < 4.78 is 11.8. The summed E-state index contributed by atoms with van der Waals surface area (Å²) in [6.07, 6.45) is 2.61. The standard InChI is InChI=1S/C24H31BrN2O3/c1-23(2,3)16-24(4,5)18-7-10-20(11-8-18)30-15-22(28)27-26-14-17-13-19(25)9-12-21(17)29-6/h7-14H,15-16H2,1-6H3,(H,27,28). The molecule has 2 aromatic carbocycles. The normalized spacial score (nSPS) is 12.1. The number of hydrazone groups is 1. The molecule has 0 aromatic heterocycles. The van der Waals surface area contributed by atoms with Crippen LogP contribution in [0.5, 0.6) is 11.5 Å². The number of carbonyl (C=O) groups excluding carboxylic acids is 1. The SMILES string of the molecule is COc1ccc(Br)cc1C=NNC(=O)COc1ccc(C(C)(C)CC(C)(C)C)cc1. The van der Waals surface area contributed by atoms with Crippen LogP contribution in [0.4, 0.5) is 0 Å². The second kappa shape index (κ2) is 10.1. The molecule has 6 heteroatoms. The highest BCUT2D eigenvalue weighted by Crippen LogP contribution is 2.36. The highest BCUT2D eigenvalue weighted by atomic mass is 79.9. The highest BCUT2D eigenvalue weighted by Gasteiger charge is 2.27. The first-order chi connectivity index (χ1) is 14.0. The molecule has 0 aliphatic carbocycles. The van der Waals surface area contributed by atoms with E-state index in [1.807, 2.05) is 30.3 Å². The number of halogens is 1. The first-order valence-electron chi connectivity index (χ1n) is 9.89. The van der Waals surface area contributed by atoms with Crippen LogP contribution in [0.15, 0.2) is 52.0 Å². The van der Waals surface area contributed by atoms with E-state index in [-0.39, 0.29) is 23.3 Å². The molecule has 0 saturated heterocycles. The number of nitrogens with zero attached hydrogens (tertiary/aromatic N) is 1. The first kappa shape index (κ1) is 23.9. The number of amides is 1. The Morgan fingerprint density at radius 3 is 2.37 bits per heavy atom. The van der Waals surface area contributed by atoms with E-state index in [4.69, 9.17) is 9.47 Å². The molecule has 2 rings (SSSR count). The van der Waals surface area contributed by atoms with Crippen LogP contribution in [-0.2, 0) is 10.2 Å². The maximum atomic E-state index is 12.0. The third-order valence-corrected chi connectivity index (χ3v) is 5.06. The molecule has 1 amide bonds. The van der Waals surface area contributed by atoms with Crippen LogP contribution in [0.2, 0.25) is 0 Å². The number of rotatable bonds is 8. The minimum atomic E-state index is -0.336. The van der Waals surface area contributed by atoms with Gasteiger partial charge in [0.15, 0.2) is 6.61 Å². The van der Waals surface area contributed by atoms with Crippen LogP contribution >= 0.6 is 15.9 Å². The number of benzene rings is 2. The van der Waals surface area contributed by atoms with Crippen LogP contribution in [-0.4, -0.2) is 25.8 Å². The van der Waals surface area contributed by atoms with E-state index in [0.29, 0.717) is 11.5 Å². The van der Waals surface area contributed by atoms with Gasteiger partial charge in [0.25, 0.3) is 5.91 Å². The lowest BCUT2D eigenvalue weighted by Crippen LogP contribution is -2.25. The Balaban J connectivity index is 1.89. The van der Waals surface area contributed by atoms with Crippen molar-refractivity contribution in [2.45, 2.75) is 46.5 Å².